The first-order chi connectivity index (χ1) is 8.60. The van der Waals surface area contributed by atoms with Crippen molar-refractivity contribution >= 4 is 22.6 Å². The Hall–Kier alpha value is -2.37. The van der Waals surface area contributed by atoms with Gasteiger partial charge in [0.25, 0.3) is 5.69 Å². The number of H-pyrrole nitrogens is 1. The van der Waals surface area contributed by atoms with Crippen molar-refractivity contribution < 1.29 is 14.5 Å². The first kappa shape index (κ1) is 12.1. The van der Waals surface area contributed by atoms with Gasteiger partial charge in [-0.05, 0) is 19.1 Å². The number of non-ortho nitro benzene ring substituents is 1. The molecule has 1 N–H and O–H groups in total. The summed E-state index contributed by atoms with van der Waals surface area (Å²) in [6, 6.07) is 6.24. The number of hydrogen-bond acceptors (Lipinski definition) is 4. The van der Waals surface area contributed by atoms with Crippen LogP contribution in [0.5, 0.6) is 0 Å². The van der Waals surface area contributed by atoms with Crippen LogP contribution < -0.4 is 0 Å². The summed E-state index contributed by atoms with van der Waals surface area (Å²) < 4.78 is 4.84. The van der Waals surface area contributed by atoms with Crippen molar-refractivity contribution in [1.29, 1.82) is 0 Å². The molecule has 2 aromatic rings. The fraction of sp³-hybridized carbons (Fsp3) is 0.250. The number of carbonyl (C=O) groups is 1. The molecule has 0 unspecified atom stereocenters. The van der Waals surface area contributed by atoms with Crippen LogP contribution in [0.2, 0.25) is 0 Å². The molecule has 0 aliphatic rings. The van der Waals surface area contributed by atoms with Gasteiger partial charge in [0.15, 0.2) is 0 Å². The van der Waals surface area contributed by atoms with Gasteiger partial charge in [0.2, 0.25) is 0 Å². The maximum absolute atomic E-state index is 11.3. The molecular weight excluding hydrogens is 236 g/mol. The number of esters is 1. The second kappa shape index (κ2) is 4.87. The van der Waals surface area contributed by atoms with E-state index in [0.29, 0.717) is 17.7 Å². The number of nitrogens with one attached hydrogen (secondary N) is 1. The van der Waals surface area contributed by atoms with Gasteiger partial charge in [-0.25, -0.2) is 0 Å². The molecule has 6 heteroatoms. The topological polar surface area (TPSA) is 85.2 Å². The highest BCUT2D eigenvalue weighted by Gasteiger charge is 2.10. The van der Waals surface area contributed by atoms with Crippen LogP contribution in [0.25, 0.3) is 10.9 Å². The van der Waals surface area contributed by atoms with Crippen LogP contribution in [0, 0.1) is 10.1 Å². The quantitative estimate of drug-likeness (QED) is 0.510. The monoisotopic (exact) mass is 248 g/mol. The molecule has 6 nitrogen and oxygen atoms in total. The number of ether oxygens (including phenoxy) is 1. The highest BCUT2D eigenvalue weighted by Crippen LogP contribution is 2.21. The summed E-state index contributed by atoms with van der Waals surface area (Å²) in [5.41, 5.74) is 1.48. The fourth-order valence-corrected chi connectivity index (χ4v) is 1.76. The molecule has 1 aromatic heterocycles. The second-order valence-corrected chi connectivity index (χ2v) is 3.81. The van der Waals surface area contributed by atoms with Gasteiger partial charge >= 0.3 is 5.97 Å². The summed E-state index contributed by atoms with van der Waals surface area (Å²) in [6.07, 6.45) is 0.135. The predicted molar refractivity (Wildman–Crippen MR) is 65.3 cm³/mol. The molecule has 0 spiro atoms. The van der Waals surface area contributed by atoms with Crippen molar-refractivity contribution in [1.82, 2.24) is 4.98 Å². The second-order valence-electron chi connectivity index (χ2n) is 3.81. The third kappa shape index (κ3) is 2.48. The maximum Gasteiger partial charge on any atom is 0.311 e. The van der Waals surface area contributed by atoms with Gasteiger partial charge in [-0.3, -0.25) is 14.9 Å². The van der Waals surface area contributed by atoms with E-state index in [9.17, 15) is 14.9 Å². The van der Waals surface area contributed by atoms with Gasteiger partial charge in [-0.1, -0.05) is 0 Å². The Morgan fingerprint density at radius 3 is 2.89 bits per heavy atom. The summed E-state index contributed by atoms with van der Waals surface area (Å²) in [7, 11) is 0. The number of carbonyl (C=O) groups excluding carboxylic acids is 1. The summed E-state index contributed by atoms with van der Waals surface area (Å²) in [6.45, 7) is 2.08. The van der Waals surface area contributed by atoms with Crippen LogP contribution in [-0.2, 0) is 16.0 Å². The van der Waals surface area contributed by atoms with E-state index in [1.165, 1.54) is 12.1 Å². The van der Waals surface area contributed by atoms with Crippen LogP contribution in [0.3, 0.4) is 0 Å². The first-order valence-electron chi connectivity index (χ1n) is 5.52. The van der Waals surface area contributed by atoms with Gasteiger partial charge < -0.3 is 9.72 Å². The zero-order valence-electron chi connectivity index (χ0n) is 9.80. The third-order valence-corrected chi connectivity index (χ3v) is 2.51. The lowest BCUT2D eigenvalue weighted by Gasteiger charge is -1.98. The maximum atomic E-state index is 11.3. The van der Waals surface area contributed by atoms with E-state index in [-0.39, 0.29) is 18.1 Å². The average molecular weight is 248 g/mol. The molecule has 0 saturated carbocycles. The first-order valence-corrected chi connectivity index (χ1v) is 5.52. The van der Waals surface area contributed by atoms with Gasteiger partial charge in [0.1, 0.15) is 0 Å². The van der Waals surface area contributed by atoms with Crippen molar-refractivity contribution in [3.63, 3.8) is 0 Å². The molecule has 0 radical (unpaired) electrons. The number of rotatable bonds is 4. The van der Waals surface area contributed by atoms with Crippen LogP contribution in [-0.4, -0.2) is 22.5 Å². The normalized spacial score (nSPS) is 10.5. The van der Waals surface area contributed by atoms with E-state index < -0.39 is 4.92 Å². The molecule has 1 aromatic carbocycles. The number of nitro benzene ring substituents is 1. The number of hydrogen-bond donors (Lipinski definition) is 1. The van der Waals surface area contributed by atoms with E-state index in [4.69, 9.17) is 4.74 Å². The highest BCUT2D eigenvalue weighted by molar-refractivity contribution is 5.84. The molecule has 0 fully saturated rings. The van der Waals surface area contributed by atoms with E-state index in [1.807, 2.05) is 0 Å². The molecule has 0 atom stereocenters. The lowest BCUT2D eigenvalue weighted by Crippen LogP contribution is -2.07. The Bertz CT molecular complexity index is 603. The predicted octanol–water partition coefficient (Wildman–Crippen LogP) is 2.18. The molecule has 0 aliphatic carbocycles. The van der Waals surface area contributed by atoms with Gasteiger partial charge in [0, 0.05) is 28.7 Å². The van der Waals surface area contributed by atoms with E-state index in [2.05, 4.69) is 4.98 Å². The van der Waals surface area contributed by atoms with Crippen LogP contribution in [0.15, 0.2) is 24.3 Å². The molecular formula is C12H12N2O4. The summed E-state index contributed by atoms with van der Waals surface area (Å²) in [4.78, 5) is 24.5. The molecule has 0 bridgehead atoms. The fourth-order valence-electron chi connectivity index (χ4n) is 1.76. The van der Waals surface area contributed by atoms with E-state index in [0.717, 1.165) is 5.52 Å². The minimum absolute atomic E-state index is 0.0317. The molecule has 18 heavy (non-hydrogen) atoms. The highest BCUT2D eigenvalue weighted by atomic mass is 16.6. The Morgan fingerprint density at radius 2 is 2.22 bits per heavy atom. The minimum Gasteiger partial charge on any atom is -0.466 e. The van der Waals surface area contributed by atoms with Crippen molar-refractivity contribution in [3.8, 4) is 0 Å². The number of nitrogens with zero attached hydrogens (tertiary/aromatic N) is 1. The summed E-state index contributed by atoms with van der Waals surface area (Å²) >= 11 is 0. The molecule has 94 valence electrons. The zero-order valence-corrected chi connectivity index (χ0v) is 9.80. The Labute approximate surface area is 103 Å². The van der Waals surface area contributed by atoms with Gasteiger partial charge in [0.05, 0.1) is 18.0 Å². The standard InChI is InChI=1S/C12H12N2O4/c1-2-18-12(15)7-9-5-8-6-10(14(16)17)3-4-11(8)13-9/h3-6,13H,2,7H2,1H3. The Kier molecular flexibility index (Phi) is 3.27. The smallest absolute Gasteiger partial charge is 0.311 e. The van der Waals surface area contributed by atoms with E-state index >= 15 is 0 Å². The lowest BCUT2D eigenvalue weighted by atomic mass is 10.2. The zero-order chi connectivity index (χ0) is 13.1. The van der Waals surface area contributed by atoms with Crippen molar-refractivity contribution in [3.05, 3.63) is 40.1 Å². The van der Waals surface area contributed by atoms with Crippen molar-refractivity contribution in [2.45, 2.75) is 13.3 Å². The SMILES string of the molecule is CCOC(=O)Cc1cc2cc([N+](=O)[O-])ccc2[nH]1. The van der Waals surface area contributed by atoms with Crippen LogP contribution in [0.1, 0.15) is 12.6 Å². The minimum atomic E-state index is -0.447. The van der Waals surface area contributed by atoms with Crippen molar-refractivity contribution in [2.75, 3.05) is 6.61 Å². The molecule has 0 amide bonds. The Morgan fingerprint density at radius 1 is 1.44 bits per heavy atom. The van der Waals surface area contributed by atoms with Gasteiger partial charge in [-0.2, -0.15) is 0 Å². The van der Waals surface area contributed by atoms with Gasteiger partial charge in [-0.15, -0.1) is 0 Å². The lowest BCUT2D eigenvalue weighted by molar-refractivity contribution is -0.384. The largest absolute Gasteiger partial charge is 0.466 e. The number of fused-ring (bicyclic) bond motifs is 1. The number of aromatic nitrogens is 1. The average Bonchev–Trinajstić information content (AvgIpc) is 2.69. The Balaban J connectivity index is 2.27. The molecule has 1 heterocycles. The number of aromatic amines is 1. The molecule has 0 aliphatic heterocycles. The van der Waals surface area contributed by atoms with E-state index in [1.54, 1.807) is 19.1 Å². The number of nitro groups is 1. The van der Waals surface area contributed by atoms with Crippen LogP contribution >= 0.6 is 0 Å². The molecule has 0 saturated heterocycles. The van der Waals surface area contributed by atoms with Crippen LogP contribution in [0.4, 0.5) is 5.69 Å². The summed E-state index contributed by atoms with van der Waals surface area (Å²) in [5, 5.41) is 11.3. The van der Waals surface area contributed by atoms with Crippen molar-refractivity contribution in [2.24, 2.45) is 0 Å². The number of benzene rings is 1. The molecule has 2 rings (SSSR count). The summed E-state index contributed by atoms with van der Waals surface area (Å²) in [5.74, 6) is -0.321. The third-order valence-electron chi connectivity index (χ3n) is 2.51.